The van der Waals surface area contributed by atoms with Crippen LogP contribution in [-0.4, -0.2) is 9.55 Å². The summed E-state index contributed by atoms with van der Waals surface area (Å²) in [5.74, 6) is 1.38. The summed E-state index contributed by atoms with van der Waals surface area (Å²) in [4.78, 5) is 4.30. The molecule has 0 radical (unpaired) electrons. The average molecular weight is 226 g/mol. The van der Waals surface area contributed by atoms with Crippen molar-refractivity contribution in [2.45, 2.75) is 25.8 Å². The summed E-state index contributed by atoms with van der Waals surface area (Å²) < 4.78 is 2.02. The standard InChI is InChI=1S/C13H14N4/c14-8-10-2-1-3-11-12(10)16-13(15)17(11)7-6-9-4-5-9/h1-3,9H,4-7H2,(H2,15,16). The van der Waals surface area contributed by atoms with E-state index in [1.54, 1.807) is 6.07 Å². The number of hydrogen-bond acceptors (Lipinski definition) is 3. The van der Waals surface area contributed by atoms with Crippen molar-refractivity contribution in [2.75, 3.05) is 5.73 Å². The second-order valence-electron chi connectivity index (χ2n) is 4.64. The highest BCUT2D eigenvalue weighted by Crippen LogP contribution is 2.33. The molecule has 0 spiro atoms. The van der Waals surface area contributed by atoms with Crippen LogP contribution in [0, 0.1) is 17.2 Å². The number of imidazole rings is 1. The highest BCUT2D eigenvalue weighted by molar-refractivity contribution is 5.83. The van der Waals surface area contributed by atoms with Gasteiger partial charge in [0.2, 0.25) is 5.95 Å². The van der Waals surface area contributed by atoms with Crippen LogP contribution in [0.1, 0.15) is 24.8 Å². The molecular formula is C13H14N4. The van der Waals surface area contributed by atoms with Crippen LogP contribution in [0.2, 0.25) is 0 Å². The molecule has 0 bridgehead atoms. The van der Waals surface area contributed by atoms with Crippen molar-refractivity contribution in [1.29, 1.82) is 5.26 Å². The van der Waals surface area contributed by atoms with E-state index >= 15 is 0 Å². The molecule has 1 aromatic carbocycles. The molecule has 4 heteroatoms. The van der Waals surface area contributed by atoms with Crippen LogP contribution in [-0.2, 0) is 6.54 Å². The SMILES string of the molecule is N#Cc1cccc2c1nc(N)n2CCC1CC1. The maximum atomic E-state index is 9.02. The van der Waals surface area contributed by atoms with Crippen molar-refractivity contribution in [3.63, 3.8) is 0 Å². The highest BCUT2D eigenvalue weighted by atomic mass is 15.1. The Morgan fingerprint density at radius 3 is 3.00 bits per heavy atom. The fourth-order valence-electron chi connectivity index (χ4n) is 2.21. The molecule has 0 atom stereocenters. The fraction of sp³-hybridized carbons (Fsp3) is 0.385. The minimum atomic E-state index is 0.517. The number of nitrogens with zero attached hydrogens (tertiary/aromatic N) is 3. The number of nitrogen functional groups attached to an aromatic ring is 1. The Hall–Kier alpha value is -2.02. The Bertz CT molecular complexity index is 602. The number of para-hydroxylation sites is 1. The van der Waals surface area contributed by atoms with Crippen molar-refractivity contribution in [3.8, 4) is 6.07 Å². The van der Waals surface area contributed by atoms with Gasteiger partial charge in [-0.2, -0.15) is 5.26 Å². The first-order valence-corrected chi connectivity index (χ1v) is 5.94. The predicted octanol–water partition coefficient (Wildman–Crippen LogP) is 2.29. The topological polar surface area (TPSA) is 67.6 Å². The average Bonchev–Trinajstić information content (AvgIpc) is 3.10. The van der Waals surface area contributed by atoms with E-state index in [-0.39, 0.29) is 0 Å². The summed E-state index contributed by atoms with van der Waals surface area (Å²) in [6, 6.07) is 7.80. The minimum absolute atomic E-state index is 0.517. The quantitative estimate of drug-likeness (QED) is 0.873. The zero-order chi connectivity index (χ0) is 11.8. The number of hydrogen-bond donors (Lipinski definition) is 1. The first kappa shape index (κ1) is 10.2. The number of rotatable bonds is 3. The number of aromatic nitrogens is 2. The zero-order valence-electron chi connectivity index (χ0n) is 9.56. The van der Waals surface area contributed by atoms with Gasteiger partial charge in [-0.3, -0.25) is 0 Å². The third-order valence-corrected chi connectivity index (χ3v) is 3.39. The normalized spacial score (nSPS) is 15.0. The van der Waals surface area contributed by atoms with E-state index in [2.05, 4.69) is 11.1 Å². The molecule has 0 amide bonds. The predicted molar refractivity (Wildman–Crippen MR) is 66.2 cm³/mol. The lowest BCUT2D eigenvalue weighted by molar-refractivity contribution is 0.614. The summed E-state index contributed by atoms with van der Waals surface area (Å²) >= 11 is 0. The Morgan fingerprint density at radius 1 is 1.47 bits per heavy atom. The molecule has 0 unspecified atom stereocenters. The van der Waals surface area contributed by atoms with Crippen molar-refractivity contribution < 1.29 is 0 Å². The van der Waals surface area contributed by atoms with Crippen LogP contribution in [0.25, 0.3) is 11.0 Å². The molecule has 1 heterocycles. The van der Waals surface area contributed by atoms with E-state index in [9.17, 15) is 0 Å². The molecule has 1 saturated carbocycles. The van der Waals surface area contributed by atoms with Gasteiger partial charge >= 0.3 is 0 Å². The molecule has 1 aromatic heterocycles. The van der Waals surface area contributed by atoms with Crippen LogP contribution in [0.4, 0.5) is 5.95 Å². The highest BCUT2D eigenvalue weighted by Gasteiger charge is 2.21. The van der Waals surface area contributed by atoms with Crippen LogP contribution in [0.3, 0.4) is 0 Å². The lowest BCUT2D eigenvalue weighted by Crippen LogP contribution is -2.03. The second kappa shape index (κ2) is 3.77. The van der Waals surface area contributed by atoms with Crippen LogP contribution in [0.5, 0.6) is 0 Å². The lowest BCUT2D eigenvalue weighted by atomic mass is 10.2. The molecule has 0 aliphatic heterocycles. The summed E-state index contributed by atoms with van der Waals surface area (Å²) in [6.45, 7) is 0.905. The Balaban J connectivity index is 2.04. The van der Waals surface area contributed by atoms with Gasteiger partial charge in [0.25, 0.3) is 0 Å². The van der Waals surface area contributed by atoms with E-state index < -0.39 is 0 Å². The largest absolute Gasteiger partial charge is 0.369 e. The molecule has 2 N–H and O–H groups in total. The molecule has 2 aromatic rings. The first-order valence-electron chi connectivity index (χ1n) is 5.94. The van der Waals surface area contributed by atoms with Gasteiger partial charge in [0.1, 0.15) is 11.6 Å². The van der Waals surface area contributed by atoms with Gasteiger partial charge < -0.3 is 10.3 Å². The number of nitriles is 1. The van der Waals surface area contributed by atoms with E-state index in [4.69, 9.17) is 11.0 Å². The fourth-order valence-corrected chi connectivity index (χ4v) is 2.21. The van der Waals surface area contributed by atoms with Crippen molar-refractivity contribution >= 4 is 17.0 Å². The summed E-state index contributed by atoms with van der Waals surface area (Å²) in [5, 5.41) is 9.02. The second-order valence-corrected chi connectivity index (χ2v) is 4.64. The van der Waals surface area contributed by atoms with Gasteiger partial charge in [-0.05, 0) is 24.5 Å². The maximum absolute atomic E-state index is 9.02. The molecule has 17 heavy (non-hydrogen) atoms. The van der Waals surface area contributed by atoms with Crippen LogP contribution < -0.4 is 5.73 Å². The van der Waals surface area contributed by atoms with Gasteiger partial charge in [-0.15, -0.1) is 0 Å². The Morgan fingerprint density at radius 2 is 2.29 bits per heavy atom. The van der Waals surface area contributed by atoms with E-state index in [0.29, 0.717) is 11.5 Å². The van der Waals surface area contributed by atoms with Crippen LogP contribution in [0.15, 0.2) is 18.2 Å². The number of anilines is 1. The summed E-state index contributed by atoms with van der Waals surface area (Å²) in [5.41, 5.74) is 8.22. The molecule has 3 rings (SSSR count). The molecule has 1 aliphatic rings. The van der Waals surface area contributed by atoms with Crippen molar-refractivity contribution in [3.05, 3.63) is 23.8 Å². The smallest absolute Gasteiger partial charge is 0.201 e. The van der Waals surface area contributed by atoms with E-state index in [1.165, 1.54) is 12.8 Å². The third-order valence-electron chi connectivity index (χ3n) is 3.39. The monoisotopic (exact) mass is 226 g/mol. The molecule has 1 fully saturated rings. The molecule has 4 nitrogen and oxygen atoms in total. The number of fused-ring (bicyclic) bond motifs is 1. The summed E-state index contributed by atoms with van der Waals surface area (Å²) in [6.07, 6.45) is 3.85. The zero-order valence-corrected chi connectivity index (χ0v) is 9.56. The molecule has 0 saturated heterocycles. The molecular weight excluding hydrogens is 212 g/mol. The minimum Gasteiger partial charge on any atom is -0.369 e. The van der Waals surface area contributed by atoms with E-state index in [0.717, 1.165) is 29.9 Å². The first-order chi connectivity index (χ1) is 8.29. The maximum Gasteiger partial charge on any atom is 0.201 e. The summed E-state index contributed by atoms with van der Waals surface area (Å²) in [7, 11) is 0. The Kier molecular flexibility index (Phi) is 2.25. The Labute approximate surface area is 99.7 Å². The number of nitrogens with two attached hydrogens (primary N) is 1. The van der Waals surface area contributed by atoms with Gasteiger partial charge in [0, 0.05) is 6.54 Å². The number of aryl methyl sites for hydroxylation is 1. The van der Waals surface area contributed by atoms with Crippen molar-refractivity contribution in [1.82, 2.24) is 9.55 Å². The molecule has 86 valence electrons. The number of benzene rings is 1. The van der Waals surface area contributed by atoms with E-state index in [1.807, 2.05) is 16.7 Å². The van der Waals surface area contributed by atoms with Gasteiger partial charge in [0.15, 0.2) is 0 Å². The lowest BCUT2D eigenvalue weighted by Gasteiger charge is -2.05. The molecule has 1 aliphatic carbocycles. The van der Waals surface area contributed by atoms with Gasteiger partial charge in [-0.25, -0.2) is 4.98 Å². The van der Waals surface area contributed by atoms with Crippen molar-refractivity contribution in [2.24, 2.45) is 5.92 Å². The van der Waals surface area contributed by atoms with Gasteiger partial charge in [0.05, 0.1) is 11.1 Å². The van der Waals surface area contributed by atoms with Crippen LogP contribution >= 0.6 is 0 Å². The van der Waals surface area contributed by atoms with Gasteiger partial charge in [-0.1, -0.05) is 18.9 Å². The third kappa shape index (κ3) is 1.74.